The Kier molecular flexibility index (Phi) is 3.34. The third kappa shape index (κ3) is 2.13. The van der Waals surface area contributed by atoms with Gasteiger partial charge in [0.1, 0.15) is 5.65 Å². The second kappa shape index (κ2) is 5.15. The predicted octanol–water partition coefficient (Wildman–Crippen LogP) is 2.66. The van der Waals surface area contributed by atoms with Gasteiger partial charge >= 0.3 is 5.97 Å². The summed E-state index contributed by atoms with van der Waals surface area (Å²) >= 11 is 0. The van der Waals surface area contributed by atoms with Crippen LogP contribution in [0.25, 0.3) is 5.65 Å². The van der Waals surface area contributed by atoms with Crippen molar-refractivity contribution in [2.24, 2.45) is 5.92 Å². The SMILES string of the molecule is CCC1CCN(c2nc3ccccn3c2C(=O)O)CC1. The van der Waals surface area contributed by atoms with Crippen molar-refractivity contribution < 1.29 is 9.90 Å². The topological polar surface area (TPSA) is 57.8 Å². The first-order valence-corrected chi connectivity index (χ1v) is 7.16. The van der Waals surface area contributed by atoms with E-state index in [1.165, 1.54) is 6.42 Å². The molecule has 0 atom stereocenters. The van der Waals surface area contributed by atoms with E-state index in [0.29, 0.717) is 11.5 Å². The molecule has 0 spiro atoms. The number of imidazole rings is 1. The molecule has 0 bridgehead atoms. The van der Waals surface area contributed by atoms with Crippen molar-refractivity contribution >= 4 is 17.4 Å². The number of nitrogens with zero attached hydrogens (tertiary/aromatic N) is 3. The average Bonchev–Trinajstić information content (AvgIpc) is 2.86. The maximum absolute atomic E-state index is 11.6. The lowest BCUT2D eigenvalue weighted by molar-refractivity contribution is 0.0690. The lowest BCUT2D eigenvalue weighted by Gasteiger charge is -2.31. The normalized spacial score (nSPS) is 16.8. The number of carboxylic acid groups (broad SMARTS) is 1. The molecular weight excluding hydrogens is 254 g/mol. The first-order valence-electron chi connectivity index (χ1n) is 7.16. The number of carboxylic acids is 1. The van der Waals surface area contributed by atoms with Crippen LogP contribution in [0.3, 0.4) is 0 Å². The highest BCUT2D eigenvalue weighted by atomic mass is 16.4. The average molecular weight is 273 g/mol. The number of anilines is 1. The molecule has 1 aliphatic heterocycles. The summed E-state index contributed by atoms with van der Waals surface area (Å²) in [5, 5.41) is 9.49. The first kappa shape index (κ1) is 13.0. The lowest BCUT2D eigenvalue weighted by atomic mass is 9.94. The van der Waals surface area contributed by atoms with Crippen molar-refractivity contribution in [3.05, 3.63) is 30.1 Å². The summed E-state index contributed by atoms with van der Waals surface area (Å²) in [6.07, 6.45) is 5.19. The summed E-state index contributed by atoms with van der Waals surface area (Å²) < 4.78 is 1.66. The van der Waals surface area contributed by atoms with Gasteiger partial charge in [-0.2, -0.15) is 0 Å². The highest BCUT2D eigenvalue weighted by molar-refractivity contribution is 5.93. The van der Waals surface area contributed by atoms with Gasteiger partial charge in [-0.05, 0) is 30.9 Å². The largest absolute Gasteiger partial charge is 0.476 e. The summed E-state index contributed by atoms with van der Waals surface area (Å²) in [6, 6.07) is 5.55. The summed E-state index contributed by atoms with van der Waals surface area (Å²) in [6.45, 7) is 4.00. The summed E-state index contributed by atoms with van der Waals surface area (Å²) in [4.78, 5) is 18.2. The van der Waals surface area contributed by atoms with E-state index in [4.69, 9.17) is 0 Å². The molecule has 0 amide bonds. The van der Waals surface area contributed by atoms with Crippen LogP contribution in [-0.2, 0) is 0 Å². The molecular formula is C15H19N3O2. The van der Waals surface area contributed by atoms with Crippen molar-refractivity contribution in [2.75, 3.05) is 18.0 Å². The quantitative estimate of drug-likeness (QED) is 0.934. The number of aromatic carboxylic acids is 1. The van der Waals surface area contributed by atoms with Gasteiger partial charge in [0.2, 0.25) is 0 Å². The molecule has 1 aliphatic rings. The van der Waals surface area contributed by atoms with Crippen LogP contribution in [0.15, 0.2) is 24.4 Å². The minimum absolute atomic E-state index is 0.274. The number of aromatic nitrogens is 2. The molecule has 0 radical (unpaired) electrons. The maximum atomic E-state index is 11.6. The Labute approximate surface area is 117 Å². The zero-order chi connectivity index (χ0) is 14.1. The molecule has 5 nitrogen and oxygen atoms in total. The summed E-state index contributed by atoms with van der Waals surface area (Å²) in [5.41, 5.74) is 0.966. The molecule has 3 rings (SSSR count). The van der Waals surface area contributed by atoms with E-state index >= 15 is 0 Å². The van der Waals surface area contributed by atoms with Crippen LogP contribution in [0.2, 0.25) is 0 Å². The molecule has 0 aliphatic carbocycles. The molecule has 0 saturated carbocycles. The Morgan fingerprint density at radius 2 is 2.15 bits per heavy atom. The predicted molar refractivity (Wildman–Crippen MR) is 77.4 cm³/mol. The Morgan fingerprint density at radius 3 is 2.80 bits per heavy atom. The zero-order valence-electron chi connectivity index (χ0n) is 11.6. The minimum Gasteiger partial charge on any atom is -0.476 e. The number of hydrogen-bond acceptors (Lipinski definition) is 3. The molecule has 1 saturated heterocycles. The lowest BCUT2D eigenvalue weighted by Crippen LogP contribution is -2.34. The van der Waals surface area contributed by atoms with Crippen LogP contribution in [0.5, 0.6) is 0 Å². The summed E-state index contributed by atoms with van der Waals surface area (Å²) in [5.74, 6) is 0.450. The fourth-order valence-electron chi connectivity index (χ4n) is 2.96. The number of rotatable bonds is 3. The van der Waals surface area contributed by atoms with Crippen molar-refractivity contribution in [3.63, 3.8) is 0 Å². The zero-order valence-corrected chi connectivity index (χ0v) is 11.6. The molecule has 5 heteroatoms. The van der Waals surface area contributed by atoms with E-state index in [0.717, 1.165) is 31.8 Å². The first-order chi connectivity index (χ1) is 9.70. The molecule has 2 aromatic heterocycles. The van der Waals surface area contributed by atoms with Crippen LogP contribution in [0.1, 0.15) is 36.7 Å². The van der Waals surface area contributed by atoms with Crippen LogP contribution in [-0.4, -0.2) is 33.6 Å². The highest BCUT2D eigenvalue weighted by Crippen LogP contribution is 2.27. The van der Waals surface area contributed by atoms with Crippen molar-refractivity contribution in [1.82, 2.24) is 9.38 Å². The smallest absolute Gasteiger partial charge is 0.356 e. The van der Waals surface area contributed by atoms with Gasteiger partial charge in [0.05, 0.1) is 0 Å². The van der Waals surface area contributed by atoms with Gasteiger partial charge in [-0.1, -0.05) is 19.4 Å². The van der Waals surface area contributed by atoms with E-state index in [1.54, 1.807) is 10.6 Å². The number of fused-ring (bicyclic) bond motifs is 1. The molecule has 20 heavy (non-hydrogen) atoms. The fraction of sp³-hybridized carbons (Fsp3) is 0.467. The van der Waals surface area contributed by atoms with Crippen molar-refractivity contribution in [1.29, 1.82) is 0 Å². The molecule has 2 aromatic rings. The van der Waals surface area contributed by atoms with Gasteiger partial charge < -0.3 is 10.0 Å². The molecule has 1 N–H and O–H groups in total. The van der Waals surface area contributed by atoms with Crippen LogP contribution < -0.4 is 4.90 Å². The van der Waals surface area contributed by atoms with Crippen LogP contribution >= 0.6 is 0 Å². The molecule has 0 aromatic carbocycles. The molecule has 3 heterocycles. The monoisotopic (exact) mass is 273 g/mol. The Hall–Kier alpha value is -2.04. The van der Waals surface area contributed by atoms with Crippen LogP contribution in [0, 0.1) is 5.92 Å². The summed E-state index contributed by atoms with van der Waals surface area (Å²) in [7, 11) is 0. The van der Waals surface area contributed by atoms with Crippen LogP contribution in [0.4, 0.5) is 5.82 Å². The van der Waals surface area contributed by atoms with Gasteiger partial charge in [-0.25, -0.2) is 9.78 Å². The molecule has 0 unspecified atom stereocenters. The third-order valence-corrected chi connectivity index (χ3v) is 4.21. The standard InChI is InChI=1S/C15H19N3O2/c1-2-11-6-9-17(10-7-11)14-13(15(19)20)18-8-4-3-5-12(18)16-14/h3-5,8,11H,2,6-7,9-10H2,1H3,(H,19,20). The van der Waals surface area contributed by atoms with Crippen molar-refractivity contribution in [2.45, 2.75) is 26.2 Å². The van der Waals surface area contributed by atoms with E-state index < -0.39 is 5.97 Å². The maximum Gasteiger partial charge on any atom is 0.356 e. The van der Waals surface area contributed by atoms with Crippen molar-refractivity contribution in [3.8, 4) is 0 Å². The van der Waals surface area contributed by atoms with Gasteiger partial charge in [0.25, 0.3) is 0 Å². The van der Waals surface area contributed by atoms with E-state index in [1.807, 2.05) is 18.2 Å². The number of piperidine rings is 1. The Balaban J connectivity index is 1.99. The Morgan fingerprint density at radius 1 is 1.40 bits per heavy atom. The number of carbonyl (C=O) groups is 1. The second-order valence-corrected chi connectivity index (χ2v) is 5.36. The van der Waals surface area contributed by atoms with Gasteiger partial charge in [-0.3, -0.25) is 4.40 Å². The third-order valence-electron chi connectivity index (χ3n) is 4.21. The number of pyridine rings is 1. The van der Waals surface area contributed by atoms with Gasteiger partial charge in [0, 0.05) is 19.3 Å². The Bertz CT molecular complexity index is 627. The van der Waals surface area contributed by atoms with Gasteiger partial charge in [-0.15, -0.1) is 0 Å². The van der Waals surface area contributed by atoms with Gasteiger partial charge in [0.15, 0.2) is 11.5 Å². The fourth-order valence-corrected chi connectivity index (χ4v) is 2.96. The molecule has 106 valence electrons. The molecule has 1 fully saturated rings. The van der Waals surface area contributed by atoms with E-state index in [9.17, 15) is 9.90 Å². The minimum atomic E-state index is -0.920. The van der Waals surface area contributed by atoms with E-state index in [-0.39, 0.29) is 5.69 Å². The highest BCUT2D eigenvalue weighted by Gasteiger charge is 2.26. The second-order valence-electron chi connectivity index (χ2n) is 5.36. The number of hydrogen-bond donors (Lipinski definition) is 1. The van der Waals surface area contributed by atoms with E-state index in [2.05, 4.69) is 16.8 Å².